The van der Waals surface area contributed by atoms with E-state index in [1.165, 1.54) is 0 Å². The minimum atomic E-state index is -0.692. The number of likely N-dealkylation sites (tertiary alicyclic amines) is 1. The van der Waals surface area contributed by atoms with Crippen LogP contribution in [-0.4, -0.2) is 53.4 Å². The van der Waals surface area contributed by atoms with Crippen LogP contribution in [0.3, 0.4) is 0 Å². The molecule has 7 nitrogen and oxygen atoms in total. The molecule has 1 saturated heterocycles. The van der Waals surface area contributed by atoms with Crippen molar-refractivity contribution in [1.29, 1.82) is 0 Å². The Kier molecular flexibility index (Phi) is 5.34. The Morgan fingerprint density at radius 2 is 1.88 bits per heavy atom. The Morgan fingerprint density at radius 1 is 1.15 bits per heavy atom. The van der Waals surface area contributed by atoms with Crippen LogP contribution in [0.25, 0.3) is 10.8 Å². The normalized spacial score (nSPS) is 17.3. The molecule has 3 aromatic rings. The summed E-state index contributed by atoms with van der Waals surface area (Å²) in [6.07, 6.45) is 5.96. The number of pyridine rings is 2. The number of rotatable bonds is 2. The highest BCUT2D eigenvalue weighted by atomic mass is 16.6. The summed E-state index contributed by atoms with van der Waals surface area (Å²) in [6, 6.07) is 9.74. The molecule has 0 unspecified atom stereocenters. The molecule has 0 atom stereocenters. The lowest BCUT2D eigenvalue weighted by Gasteiger charge is -2.38. The number of hydrogen-bond acceptors (Lipinski definition) is 5. The molecule has 172 valence electrons. The summed E-state index contributed by atoms with van der Waals surface area (Å²) < 4.78 is 5.53. The lowest BCUT2D eigenvalue weighted by atomic mass is 9.74. The maximum absolute atomic E-state index is 13.9. The van der Waals surface area contributed by atoms with E-state index in [0.717, 1.165) is 22.0 Å². The minimum Gasteiger partial charge on any atom is -0.444 e. The van der Waals surface area contributed by atoms with E-state index < -0.39 is 11.0 Å². The number of amides is 2. The maximum atomic E-state index is 13.9. The molecular weight excluding hydrogens is 427 g/mol. The highest BCUT2D eigenvalue weighted by Crippen LogP contribution is 2.48. The van der Waals surface area contributed by atoms with Crippen molar-refractivity contribution in [2.24, 2.45) is 0 Å². The zero-order valence-corrected chi connectivity index (χ0v) is 19.7. The van der Waals surface area contributed by atoms with Crippen LogP contribution in [0.4, 0.5) is 10.5 Å². The largest absolute Gasteiger partial charge is 0.444 e. The molecule has 1 spiro atoms. The Bertz CT molecular complexity index is 1280. The first-order valence-corrected chi connectivity index (χ1v) is 11.6. The van der Waals surface area contributed by atoms with Crippen LogP contribution in [0.1, 0.15) is 44.9 Å². The van der Waals surface area contributed by atoms with Gasteiger partial charge >= 0.3 is 6.09 Å². The number of fused-ring (bicyclic) bond motifs is 3. The van der Waals surface area contributed by atoms with Gasteiger partial charge in [0.2, 0.25) is 5.91 Å². The Hall–Kier alpha value is -3.42. The SMILES string of the molecule is [B]c1c(CN2C(=O)C3(CCN(C(=O)OC(C)(C)C)CC3)c3ccncc32)ncc2ccccc12. The monoisotopic (exact) mass is 454 g/mol. The Labute approximate surface area is 200 Å². The van der Waals surface area contributed by atoms with E-state index in [-0.39, 0.29) is 18.5 Å². The molecule has 1 aromatic carbocycles. The third-order valence-corrected chi connectivity index (χ3v) is 6.76. The number of nitrogens with zero attached hydrogens (tertiary/aromatic N) is 4. The summed E-state index contributed by atoms with van der Waals surface area (Å²) in [4.78, 5) is 38.8. The second kappa shape index (κ2) is 8.11. The average Bonchev–Trinajstić information content (AvgIpc) is 3.03. The van der Waals surface area contributed by atoms with Crippen molar-refractivity contribution >= 4 is 41.8 Å². The fraction of sp³-hybridized carbons (Fsp3) is 0.385. The number of piperidine rings is 1. The van der Waals surface area contributed by atoms with Gasteiger partial charge in [-0.3, -0.25) is 14.8 Å². The van der Waals surface area contributed by atoms with Gasteiger partial charge in [0.25, 0.3) is 0 Å². The summed E-state index contributed by atoms with van der Waals surface area (Å²) >= 11 is 0. The van der Waals surface area contributed by atoms with Crippen molar-refractivity contribution in [3.63, 3.8) is 0 Å². The van der Waals surface area contributed by atoms with E-state index in [1.807, 2.05) is 51.1 Å². The lowest BCUT2D eigenvalue weighted by molar-refractivity contribution is -0.125. The molecule has 34 heavy (non-hydrogen) atoms. The van der Waals surface area contributed by atoms with Crippen LogP contribution < -0.4 is 10.4 Å². The maximum Gasteiger partial charge on any atom is 0.410 e. The second-order valence-corrected chi connectivity index (χ2v) is 10.0. The minimum absolute atomic E-state index is 0.00805. The number of carbonyl (C=O) groups excluding carboxylic acids is 2. The molecule has 2 aliphatic heterocycles. The number of benzene rings is 1. The number of ether oxygens (including phenoxy) is 1. The molecule has 4 heterocycles. The van der Waals surface area contributed by atoms with Gasteiger partial charge in [0.1, 0.15) is 13.4 Å². The van der Waals surface area contributed by atoms with Crippen molar-refractivity contribution in [1.82, 2.24) is 14.9 Å². The first-order chi connectivity index (χ1) is 16.2. The standard InChI is InChI=1S/C26H27BN4O3/c1-25(2,3)34-24(33)30-12-9-26(10-13-30)19-8-11-28-15-21(19)31(23(26)32)16-20-22(27)18-7-5-4-6-17(18)14-29-20/h4-8,11,14-15H,9-10,12-13,16H2,1-3H3. The number of hydrogen-bond donors (Lipinski definition) is 0. The summed E-state index contributed by atoms with van der Waals surface area (Å²) in [5.74, 6) is 0.00805. The van der Waals surface area contributed by atoms with Crippen molar-refractivity contribution in [2.75, 3.05) is 18.0 Å². The average molecular weight is 454 g/mol. The third kappa shape index (κ3) is 3.71. The molecule has 5 rings (SSSR count). The fourth-order valence-electron chi connectivity index (χ4n) is 5.03. The van der Waals surface area contributed by atoms with E-state index in [9.17, 15) is 9.59 Å². The summed E-state index contributed by atoms with van der Waals surface area (Å²) in [6.45, 7) is 6.73. The van der Waals surface area contributed by atoms with Crippen molar-refractivity contribution in [3.05, 3.63) is 60.2 Å². The van der Waals surface area contributed by atoms with E-state index in [1.54, 1.807) is 28.4 Å². The van der Waals surface area contributed by atoms with E-state index >= 15 is 0 Å². The summed E-state index contributed by atoms with van der Waals surface area (Å²) in [7, 11) is 6.46. The van der Waals surface area contributed by atoms with Crippen LogP contribution in [0.2, 0.25) is 0 Å². The molecule has 1 fully saturated rings. The van der Waals surface area contributed by atoms with Gasteiger partial charge in [-0.2, -0.15) is 0 Å². The van der Waals surface area contributed by atoms with Gasteiger partial charge in [-0.25, -0.2) is 4.79 Å². The highest BCUT2D eigenvalue weighted by molar-refractivity contribution is 6.39. The van der Waals surface area contributed by atoms with Crippen LogP contribution >= 0.6 is 0 Å². The van der Waals surface area contributed by atoms with E-state index in [0.29, 0.717) is 37.1 Å². The van der Waals surface area contributed by atoms with Gasteiger partial charge in [0, 0.05) is 25.5 Å². The first kappa shape index (κ1) is 22.4. The molecular formula is C26H27BN4O3. The zero-order chi connectivity index (χ0) is 24.1. The predicted molar refractivity (Wildman–Crippen MR) is 131 cm³/mol. The van der Waals surface area contributed by atoms with Gasteiger partial charge < -0.3 is 14.5 Å². The van der Waals surface area contributed by atoms with Gasteiger partial charge in [-0.1, -0.05) is 29.7 Å². The van der Waals surface area contributed by atoms with Crippen LogP contribution in [0.5, 0.6) is 0 Å². The second-order valence-electron chi connectivity index (χ2n) is 10.0. The molecule has 0 bridgehead atoms. The molecule has 2 aromatic heterocycles. The lowest BCUT2D eigenvalue weighted by Crippen LogP contribution is -2.51. The van der Waals surface area contributed by atoms with Crippen LogP contribution in [0, 0.1) is 0 Å². The number of aromatic nitrogens is 2. The van der Waals surface area contributed by atoms with E-state index in [2.05, 4.69) is 9.97 Å². The number of carbonyl (C=O) groups is 2. The Balaban J connectivity index is 1.43. The third-order valence-electron chi connectivity index (χ3n) is 6.76. The van der Waals surface area contributed by atoms with Crippen LogP contribution in [-0.2, 0) is 21.5 Å². The first-order valence-electron chi connectivity index (χ1n) is 11.6. The summed E-state index contributed by atoms with van der Waals surface area (Å²) in [5.41, 5.74) is 1.73. The van der Waals surface area contributed by atoms with Gasteiger partial charge in [-0.15, -0.1) is 0 Å². The van der Waals surface area contributed by atoms with Crippen LogP contribution in [0.15, 0.2) is 48.9 Å². The molecule has 0 aliphatic carbocycles. The topological polar surface area (TPSA) is 75.6 Å². The van der Waals surface area contributed by atoms with Crippen molar-refractivity contribution < 1.29 is 14.3 Å². The van der Waals surface area contributed by atoms with E-state index in [4.69, 9.17) is 12.6 Å². The Morgan fingerprint density at radius 3 is 2.62 bits per heavy atom. The zero-order valence-electron chi connectivity index (χ0n) is 19.7. The number of anilines is 1. The van der Waals surface area contributed by atoms with Gasteiger partial charge in [0.05, 0.1) is 29.5 Å². The smallest absolute Gasteiger partial charge is 0.410 e. The molecule has 2 aliphatic rings. The highest BCUT2D eigenvalue weighted by Gasteiger charge is 2.52. The van der Waals surface area contributed by atoms with Crippen molar-refractivity contribution in [2.45, 2.75) is 51.2 Å². The van der Waals surface area contributed by atoms with Crippen molar-refractivity contribution in [3.8, 4) is 0 Å². The predicted octanol–water partition coefficient (Wildman–Crippen LogP) is 3.24. The molecule has 2 radical (unpaired) electrons. The molecule has 2 amide bonds. The molecule has 0 saturated carbocycles. The fourth-order valence-corrected chi connectivity index (χ4v) is 5.03. The quantitative estimate of drug-likeness (QED) is 0.556. The molecule has 0 N–H and O–H groups in total. The van der Waals surface area contributed by atoms with Gasteiger partial charge in [0.15, 0.2) is 0 Å². The van der Waals surface area contributed by atoms with Gasteiger partial charge in [-0.05, 0) is 56.0 Å². The summed E-state index contributed by atoms with van der Waals surface area (Å²) in [5, 5.41) is 1.88. The molecule has 8 heteroatoms.